The highest BCUT2D eigenvalue weighted by Crippen LogP contribution is 2.44. The summed E-state index contributed by atoms with van der Waals surface area (Å²) >= 11 is 13.3. The quantitative estimate of drug-likeness (QED) is 0.145. The number of para-hydroxylation sites is 2. The van der Waals surface area contributed by atoms with Crippen molar-refractivity contribution in [1.82, 2.24) is 10.2 Å². The summed E-state index contributed by atoms with van der Waals surface area (Å²) in [6.45, 7) is 0.900. The third kappa shape index (κ3) is 8.40. The molecule has 258 valence electrons. The molecule has 2 amide bonds. The third-order valence-corrected chi connectivity index (χ3v) is 10.3. The molecule has 1 heterocycles. The maximum absolute atomic E-state index is 13.9. The zero-order valence-corrected chi connectivity index (χ0v) is 28.2. The number of hydrogen-bond acceptors (Lipinski definition) is 9. The maximum atomic E-state index is 13.9. The number of anilines is 2. The summed E-state index contributed by atoms with van der Waals surface area (Å²) in [5.41, 5.74) is 3.18. The van der Waals surface area contributed by atoms with Gasteiger partial charge in [0.1, 0.15) is 24.4 Å². The Morgan fingerprint density at radius 2 is 1.60 bits per heavy atom. The van der Waals surface area contributed by atoms with Gasteiger partial charge in [-0.25, -0.2) is 0 Å². The number of rotatable bonds is 16. The third-order valence-electron chi connectivity index (χ3n) is 9.57. The van der Waals surface area contributed by atoms with Gasteiger partial charge in [0, 0.05) is 55.7 Å². The highest BCUT2D eigenvalue weighted by molar-refractivity contribution is 6.34. The van der Waals surface area contributed by atoms with Crippen LogP contribution in [0.2, 0.25) is 10.0 Å². The van der Waals surface area contributed by atoms with Gasteiger partial charge in [0.05, 0.1) is 23.5 Å². The molecule has 1 aliphatic heterocycles. The number of unbranched alkanes of at least 4 members (excludes halogenated alkanes) is 1. The lowest BCUT2D eigenvalue weighted by atomic mass is 10.0. The van der Waals surface area contributed by atoms with Crippen molar-refractivity contribution in [3.8, 4) is 0 Å². The molecule has 2 saturated carbocycles. The van der Waals surface area contributed by atoms with Gasteiger partial charge in [-0.05, 0) is 80.3 Å². The second kappa shape index (κ2) is 15.4. The molecule has 0 spiro atoms. The van der Waals surface area contributed by atoms with Crippen LogP contribution in [0.1, 0.15) is 56.1 Å². The summed E-state index contributed by atoms with van der Waals surface area (Å²) in [7, 11) is 1.48. The first-order valence-electron chi connectivity index (χ1n) is 16.4. The number of nitrogens with zero attached hydrogens (tertiary/aromatic N) is 3. The van der Waals surface area contributed by atoms with E-state index in [2.05, 4.69) is 16.3 Å². The lowest BCUT2D eigenvalue weighted by Crippen LogP contribution is -2.53. The number of amides is 2. The van der Waals surface area contributed by atoms with Crippen LogP contribution in [0.25, 0.3) is 0 Å². The van der Waals surface area contributed by atoms with Crippen LogP contribution in [0.3, 0.4) is 0 Å². The smallest absolute Gasteiger partial charge is 0.247 e. The summed E-state index contributed by atoms with van der Waals surface area (Å²) in [5.74, 6) is -0.154. The van der Waals surface area contributed by atoms with E-state index in [4.69, 9.17) is 28.3 Å². The summed E-state index contributed by atoms with van der Waals surface area (Å²) < 4.78 is 0. The Labute approximate surface area is 285 Å². The number of aliphatic hydroxyl groups excluding tert-OH is 5. The number of nitrogens with one attached hydrogen (secondary N) is 1. The van der Waals surface area contributed by atoms with Gasteiger partial charge in [-0.2, -0.15) is 0 Å². The summed E-state index contributed by atoms with van der Waals surface area (Å²) in [4.78, 5) is 32.0. The predicted octanol–water partition coefficient (Wildman–Crippen LogP) is 2.24. The monoisotopic (exact) mass is 692 g/mol. The van der Waals surface area contributed by atoms with Crippen LogP contribution in [0, 0.1) is 0 Å². The van der Waals surface area contributed by atoms with Gasteiger partial charge >= 0.3 is 0 Å². The molecule has 4 atom stereocenters. The minimum Gasteiger partial charge on any atom is -0.394 e. The van der Waals surface area contributed by atoms with Gasteiger partial charge in [-0.15, -0.1) is 0 Å². The first kappa shape index (κ1) is 35.8. The maximum Gasteiger partial charge on any atom is 0.247 e. The SMILES string of the molecule is CN(C[C@H](O)[C@@H](O)[C@@H](O)[C@H](O)CO)C(=O)CCCCc1cc(Cl)c(CNC2(C(=O)N3CCN(C4CC4)c4ccccc43)CC2)cc1Cl. The molecular formula is C34H46Cl2N4O7. The van der Waals surface area contributed by atoms with Crippen molar-refractivity contribution in [1.29, 1.82) is 0 Å². The standard InChI is InChI=1S/C34H46Cl2N4O7/c1-38(19-28(42)31(45)32(46)29(43)20-41)30(44)9-5-2-6-21-16-25(36)22(17-24(21)35)18-37-34(12-13-34)33(47)40-15-14-39(23-10-11-23)26-7-3-4-8-27(26)40/h3-4,7-8,16-17,23,28-29,31-32,37,41-43,45-46H,2,5-6,9-15,18-20H2,1H3/t28-,29+,31+,32-/m0/s1. The molecule has 11 nitrogen and oxygen atoms in total. The molecule has 0 bridgehead atoms. The topological polar surface area (TPSA) is 157 Å². The molecule has 2 fully saturated rings. The molecule has 2 aromatic carbocycles. The van der Waals surface area contributed by atoms with Crippen molar-refractivity contribution in [2.45, 2.75) is 93.9 Å². The molecule has 2 aliphatic carbocycles. The van der Waals surface area contributed by atoms with Crippen molar-refractivity contribution in [3.63, 3.8) is 0 Å². The fourth-order valence-corrected chi connectivity index (χ4v) is 6.80. The molecule has 0 radical (unpaired) electrons. The van der Waals surface area contributed by atoms with E-state index in [1.807, 2.05) is 35.2 Å². The molecule has 13 heteroatoms. The highest BCUT2D eigenvalue weighted by Gasteiger charge is 2.52. The van der Waals surface area contributed by atoms with E-state index in [1.165, 1.54) is 24.8 Å². The molecule has 5 rings (SSSR count). The van der Waals surface area contributed by atoms with E-state index in [-0.39, 0.29) is 24.8 Å². The highest BCUT2D eigenvalue weighted by atomic mass is 35.5. The molecule has 3 aliphatic rings. The molecule has 0 aromatic heterocycles. The Bertz CT molecular complexity index is 1420. The van der Waals surface area contributed by atoms with Crippen LogP contribution in [0.4, 0.5) is 11.4 Å². The molecule has 0 saturated heterocycles. The zero-order chi connectivity index (χ0) is 33.9. The molecule has 6 N–H and O–H groups in total. The van der Waals surface area contributed by atoms with Crippen molar-refractivity contribution in [3.05, 3.63) is 57.6 Å². The van der Waals surface area contributed by atoms with Crippen molar-refractivity contribution < 1.29 is 35.1 Å². The van der Waals surface area contributed by atoms with E-state index < -0.39 is 36.6 Å². The second-order valence-electron chi connectivity index (χ2n) is 13.1. The van der Waals surface area contributed by atoms with Crippen LogP contribution < -0.4 is 15.1 Å². The van der Waals surface area contributed by atoms with Crippen molar-refractivity contribution >= 4 is 46.4 Å². The molecular weight excluding hydrogens is 647 g/mol. The van der Waals surface area contributed by atoms with Gasteiger partial charge in [0.15, 0.2) is 0 Å². The largest absolute Gasteiger partial charge is 0.394 e. The van der Waals surface area contributed by atoms with Crippen molar-refractivity contribution in [2.75, 3.05) is 43.1 Å². The van der Waals surface area contributed by atoms with E-state index in [0.29, 0.717) is 48.4 Å². The van der Waals surface area contributed by atoms with Gasteiger partial charge < -0.3 is 40.2 Å². The van der Waals surface area contributed by atoms with Crippen LogP contribution in [-0.4, -0.2) is 112 Å². The number of fused-ring (bicyclic) bond motifs is 1. The lowest BCUT2D eigenvalue weighted by molar-refractivity contribution is -0.138. The van der Waals surface area contributed by atoms with Gasteiger partial charge in [-0.1, -0.05) is 35.3 Å². The second-order valence-corrected chi connectivity index (χ2v) is 13.9. The Balaban J connectivity index is 1.09. The van der Waals surface area contributed by atoms with E-state index in [9.17, 15) is 30.0 Å². The van der Waals surface area contributed by atoms with Crippen LogP contribution in [0.5, 0.6) is 0 Å². The average Bonchev–Trinajstić information content (AvgIpc) is 4.01. The van der Waals surface area contributed by atoms with Gasteiger partial charge in [0.2, 0.25) is 11.8 Å². The first-order valence-corrected chi connectivity index (χ1v) is 17.2. The number of carbonyl (C=O) groups excluding carboxylic acids is 2. The number of likely N-dealkylation sites (N-methyl/N-ethyl adjacent to an activating group) is 1. The van der Waals surface area contributed by atoms with E-state index in [1.54, 1.807) is 0 Å². The predicted molar refractivity (Wildman–Crippen MR) is 181 cm³/mol. The first-order chi connectivity index (χ1) is 22.5. The fourth-order valence-electron chi connectivity index (χ4n) is 6.27. The van der Waals surface area contributed by atoms with E-state index >= 15 is 0 Å². The summed E-state index contributed by atoms with van der Waals surface area (Å²) in [6.07, 6.45) is -0.614. The number of aliphatic hydroxyl groups is 5. The number of benzene rings is 2. The van der Waals surface area contributed by atoms with E-state index in [0.717, 1.165) is 41.9 Å². The van der Waals surface area contributed by atoms with Gasteiger partial charge in [-0.3, -0.25) is 14.9 Å². The Hall–Kier alpha value is -2.48. The Kier molecular flexibility index (Phi) is 11.7. The zero-order valence-electron chi connectivity index (χ0n) is 26.7. The summed E-state index contributed by atoms with van der Waals surface area (Å²) in [5, 5.41) is 52.9. The normalized spacial score (nSPS) is 19.5. The number of carbonyl (C=O) groups is 2. The van der Waals surface area contributed by atoms with Crippen LogP contribution in [-0.2, 0) is 22.6 Å². The average molecular weight is 694 g/mol. The molecule has 2 aromatic rings. The Morgan fingerprint density at radius 3 is 2.26 bits per heavy atom. The Morgan fingerprint density at radius 1 is 0.957 bits per heavy atom. The number of hydrogen-bond donors (Lipinski definition) is 6. The number of aryl methyl sites for hydroxylation is 1. The fraction of sp³-hybridized carbons (Fsp3) is 0.588. The van der Waals surface area contributed by atoms with Crippen molar-refractivity contribution in [2.24, 2.45) is 0 Å². The minimum absolute atomic E-state index is 0.100. The van der Waals surface area contributed by atoms with Crippen LogP contribution in [0.15, 0.2) is 36.4 Å². The molecule has 0 unspecified atom stereocenters. The molecule has 47 heavy (non-hydrogen) atoms. The van der Waals surface area contributed by atoms with Crippen LogP contribution >= 0.6 is 23.2 Å². The number of halogens is 2. The lowest BCUT2D eigenvalue weighted by Gasteiger charge is -2.39. The minimum atomic E-state index is -1.74. The summed E-state index contributed by atoms with van der Waals surface area (Å²) in [6, 6.07) is 12.4. The van der Waals surface area contributed by atoms with Gasteiger partial charge in [0.25, 0.3) is 0 Å².